The molecule has 0 radical (unpaired) electrons. The number of amides is 1. The lowest BCUT2D eigenvalue weighted by Crippen LogP contribution is -2.32. The molecule has 0 aliphatic heterocycles. The molecule has 0 fully saturated rings. The number of nitrogens with zero attached hydrogens (tertiary/aromatic N) is 2. The highest BCUT2D eigenvalue weighted by molar-refractivity contribution is 5.93. The summed E-state index contributed by atoms with van der Waals surface area (Å²) >= 11 is 0. The van der Waals surface area contributed by atoms with E-state index < -0.39 is 0 Å². The first kappa shape index (κ1) is 25.5. The molecule has 1 heterocycles. The van der Waals surface area contributed by atoms with Crippen LogP contribution >= 0.6 is 0 Å². The SMILES string of the molecule is CC1Cc2c(O)ccc3cccc1c23.CCCC(CCC)n1c(=O)n(CC(=O)NC)c2ccccc21. The van der Waals surface area contributed by atoms with Gasteiger partial charge >= 0.3 is 5.69 Å². The summed E-state index contributed by atoms with van der Waals surface area (Å²) in [5, 5.41) is 14.9. The molecule has 1 atom stereocenters. The number of hydrogen-bond acceptors (Lipinski definition) is 3. The number of hydrogen-bond donors (Lipinski definition) is 2. The van der Waals surface area contributed by atoms with E-state index in [-0.39, 0.29) is 24.2 Å². The standard InChI is InChI=1S/C17H25N3O2.C13H12O/c1-4-8-13(9-5-2)20-15-11-7-6-10-14(15)19(17(20)22)12-16(21)18-3;1-8-7-11-12(14)6-5-9-3-2-4-10(8)13(9)11/h6-7,10-11,13H,4-5,8-9,12H2,1-3H3,(H,18,21);2-6,8,14H,7H2,1H3. The van der Waals surface area contributed by atoms with Gasteiger partial charge in [-0.2, -0.15) is 0 Å². The zero-order valence-corrected chi connectivity index (χ0v) is 21.8. The Bertz CT molecular complexity index is 1430. The summed E-state index contributed by atoms with van der Waals surface area (Å²) < 4.78 is 3.46. The third-order valence-corrected chi connectivity index (χ3v) is 7.26. The number of aromatic hydroxyl groups is 1. The van der Waals surface area contributed by atoms with Crippen LogP contribution in [0.1, 0.15) is 69.5 Å². The van der Waals surface area contributed by atoms with Gasteiger partial charge in [0.15, 0.2) is 0 Å². The molecule has 190 valence electrons. The molecule has 3 aromatic carbocycles. The van der Waals surface area contributed by atoms with E-state index >= 15 is 0 Å². The van der Waals surface area contributed by atoms with Gasteiger partial charge in [-0.15, -0.1) is 0 Å². The third-order valence-electron chi connectivity index (χ3n) is 7.26. The van der Waals surface area contributed by atoms with Gasteiger partial charge in [-0.1, -0.05) is 70.0 Å². The van der Waals surface area contributed by atoms with Crippen molar-refractivity contribution >= 4 is 27.7 Å². The van der Waals surface area contributed by atoms with Crippen LogP contribution in [0.15, 0.2) is 59.4 Å². The molecule has 0 bridgehead atoms. The zero-order valence-electron chi connectivity index (χ0n) is 21.8. The number of nitrogens with one attached hydrogen (secondary N) is 1. The highest BCUT2D eigenvalue weighted by Gasteiger charge is 2.23. The van der Waals surface area contributed by atoms with Crippen molar-refractivity contribution in [2.45, 2.75) is 71.4 Å². The fourth-order valence-corrected chi connectivity index (χ4v) is 5.54. The lowest BCUT2D eigenvalue weighted by Gasteiger charge is -2.17. The van der Waals surface area contributed by atoms with E-state index in [0.717, 1.165) is 48.7 Å². The van der Waals surface area contributed by atoms with Crippen molar-refractivity contribution in [2.75, 3.05) is 7.05 Å². The molecule has 2 N–H and O–H groups in total. The maximum Gasteiger partial charge on any atom is 0.329 e. The average Bonchev–Trinajstić information content (AvgIpc) is 3.37. The van der Waals surface area contributed by atoms with Crippen molar-refractivity contribution in [3.05, 3.63) is 76.2 Å². The number of fused-ring (bicyclic) bond motifs is 1. The van der Waals surface area contributed by atoms with Gasteiger partial charge in [0.2, 0.25) is 5.91 Å². The zero-order chi connectivity index (χ0) is 25.8. The normalized spacial score (nSPS) is 14.3. The van der Waals surface area contributed by atoms with E-state index in [1.807, 2.05) is 34.9 Å². The predicted octanol–water partition coefficient (Wildman–Crippen LogP) is 5.90. The van der Waals surface area contributed by atoms with Gasteiger partial charge in [0, 0.05) is 18.7 Å². The number of rotatable bonds is 7. The average molecular weight is 488 g/mol. The van der Waals surface area contributed by atoms with Crippen molar-refractivity contribution in [3.8, 4) is 5.75 Å². The summed E-state index contributed by atoms with van der Waals surface area (Å²) in [6.45, 7) is 6.55. The smallest absolute Gasteiger partial charge is 0.329 e. The molecule has 0 saturated carbocycles. The van der Waals surface area contributed by atoms with Crippen LogP contribution in [-0.2, 0) is 17.8 Å². The number of likely N-dealkylation sites (N-methyl/N-ethyl adjacent to an activating group) is 1. The van der Waals surface area contributed by atoms with Crippen LogP contribution in [0.2, 0.25) is 0 Å². The minimum Gasteiger partial charge on any atom is -0.508 e. The number of carbonyl (C=O) groups is 1. The Hall–Kier alpha value is -3.54. The van der Waals surface area contributed by atoms with Gasteiger partial charge in [0.05, 0.1) is 11.0 Å². The lowest BCUT2D eigenvalue weighted by molar-refractivity contribution is -0.121. The molecule has 6 heteroatoms. The minimum atomic E-state index is -0.160. The second kappa shape index (κ2) is 11.0. The molecule has 1 unspecified atom stereocenters. The van der Waals surface area contributed by atoms with Crippen LogP contribution in [0.4, 0.5) is 0 Å². The second-order valence-corrected chi connectivity index (χ2v) is 9.75. The number of phenols is 1. The van der Waals surface area contributed by atoms with Crippen LogP contribution in [0.25, 0.3) is 21.8 Å². The fourth-order valence-electron chi connectivity index (χ4n) is 5.54. The second-order valence-electron chi connectivity index (χ2n) is 9.75. The van der Waals surface area contributed by atoms with Gasteiger partial charge in [-0.05, 0) is 59.7 Å². The Morgan fingerprint density at radius 3 is 2.39 bits per heavy atom. The summed E-state index contributed by atoms with van der Waals surface area (Å²) in [4.78, 5) is 24.6. The van der Waals surface area contributed by atoms with Crippen molar-refractivity contribution in [2.24, 2.45) is 0 Å². The Balaban J connectivity index is 0.000000185. The Morgan fingerprint density at radius 1 is 1.03 bits per heavy atom. The summed E-state index contributed by atoms with van der Waals surface area (Å²) in [7, 11) is 1.59. The van der Waals surface area contributed by atoms with Crippen LogP contribution in [0.3, 0.4) is 0 Å². The van der Waals surface area contributed by atoms with Crippen molar-refractivity contribution < 1.29 is 9.90 Å². The largest absolute Gasteiger partial charge is 0.508 e. The van der Waals surface area contributed by atoms with E-state index in [2.05, 4.69) is 44.3 Å². The number of para-hydroxylation sites is 2. The monoisotopic (exact) mass is 487 g/mol. The summed E-state index contributed by atoms with van der Waals surface area (Å²) in [6.07, 6.45) is 4.99. The number of imidazole rings is 1. The summed E-state index contributed by atoms with van der Waals surface area (Å²) in [6, 6.07) is 18.1. The fraction of sp³-hybridized carbons (Fsp3) is 0.400. The molecule has 4 aromatic rings. The Morgan fingerprint density at radius 2 is 1.72 bits per heavy atom. The van der Waals surface area contributed by atoms with Gasteiger partial charge in [0.25, 0.3) is 0 Å². The van der Waals surface area contributed by atoms with E-state index in [9.17, 15) is 14.7 Å². The third kappa shape index (κ3) is 4.77. The molecule has 1 amide bonds. The molecule has 36 heavy (non-hydrogen) atoms. The topological polar surface area (TPSA) is 76.3 Å². The molecule has 1 aliphatic carbocycles. The Kier molecular flexibility index (Phi) is 7.82. The number of phenolic OH excluding ortho intramolecular Hbond substituents is 1. The van der Waals surface area contributed by atoms with Crippen LogP contribution < -0.4 is 11.0 Å². The Labute approximate surface area is 212 Å². The molecule has 1 aromatic heterocycles. The van der Waals surface area contributed by atoms with Crippen molar-refractivity contribution in [1.29, 1.82) is 0 Å². The predicted molar refractivity (Wildman–Crippen MR) is 147 cm³/mol. The number of aromatic nitrogens is 2. The molecule has 0 spiro atoms. The van der Waals surface area contributed by atoms with Gasteiger partial charge < -0.3 is 10.4 Å². The quantitative estimate of drug-likeness (QED) is 0.341. The highest BCUT2D eigenvalue weighted by atomic mass is 16.3. The first-order valence-corrected chi connectivity index (χ1v) is 13.0. The highest BCUT2D eigenvalue weighted by Crippen LogP contribution is 2.41. The number of carbonyl (C=O) groups excluding carboxylic acids is 1. The van der Waals surface area contributed by atoms with Gasteiger partial charge in [-0.3, -0.25) is 13.9 Å². The molecule has 6 nitrogen and oxygen atoms in total. The summed E-state index contributed by atoms with van der Waals surface area (Å²) in [5.41, 5.74) is 4.17. The van der Waals surface area contributed by atoms with Crippen LogP contribution in [-0.4, -0.2) is 27.2 Å². The van der Waals surface area contributed by atoms with Crippen LogP contribution in [0.5, 0.6) is 5.75 Å². The van der Waals surface area contributed by atoms with Crippen molar-refractivity contribution in [3.63, 3.8) is 0 Å². The lowest BCUT2D eigenvalue weighted by atomic mass is 10.0. The molecule has 5 rings (SSSR count). The van der Waals surface area contributed by atoms with Gasteiger partial charge in [-0.25, -0.2) is 4.79 Å². The number of benzene rings is 3. The van der Waals surface area contributed by atoms with E-state index in [4.69, 9.17) is 0 Å². The summed E-state index contributed by atoms with van der Waals surface area (Å²) in [5.74, 6) is 0.837. The molecule has 1 aliphatic rings. The van der Waals surface area contributed by atoms with Crippen molar-refractivity contribution in [1.82, 2.24) is 14.5 Å². The maximum absolute atomic E-state index is 12.9. The molecular formula is C30H37N3O3. The van der Waals surface area contributed by atoms with E-state index in [0.29, 0.717) is 11.7 Å². The molecule has 0 saturated heterocycles. The molecular weight excluding hydrogens is 450 g/mol. The first-order valence-electron chi connectivity index (χ1n) is 13.0. The van der Waals surface area contributed by atoms with Gasteiger partial charge in [0.1, 0.15) is 12.3 Å². The van der Waals surface area contributed by atoms with Crippen LogP contribution in [0, 0.1) is 0 Å². The van der Waals surface area contributed by atoms with E-state index in [1.165, 1.54) is 16.3 Å². The van der Waals surface area contributed by atoms with E-state index in [1.54, 1.807) is 17.7 Å². The maximum atomic E-state index is 12.9. The first-order chi connectivity index (χ1) is 17.4. The minimum absolute atomic E-state index is 0.0633.